The maximum atomic E-state index is 12.1. The van der Waals surface area contributed by atoms with Gasteiger partial charge in [0.15, 0.2) is 0 Å². The van der Waals surface area contributed by atoms with Gasteiger partial charge in [0.05, 0.1) is 18.5 Å². The molecule has 0 bridgehead atoms. The SMILES string of the molecule is COCCNc1ccc(C(=O)NCc2ccccc2C)nc1. The summed E-state index contributed by atoms with van der Waals surface area (Å²) in [5.41, 5.74) is 3.54. The number of aromatic nitrogens is 1. The molecule has 0 fully saturated rings. The van der Waals surface area contributed by atoms with E-state index < -0.39 is 0 Å². The van der Waals surface area contributed by atoms with Gasteiger partial charge in [-0.3, -0.25) is 4.79 Å². The van der Waals surface area contributed by atoms with E-state index in [1.54, 1.807) is 19.4 Å². The van der Waals surface area contributed by atoms with E-state index in [1.807, 2.05) is 37.3 Å². The summed E-state index contributed by atoms with van der Waals surface area (Å²) >= 11 is 0. The van der Waals surface area contributed by atoms with Gasteiger partial charge in [-0.1, -0.05) is 24.3 Å². The van der Waals surface area contributed by atoms with Gasteiger partial charge in [0.1, 0.15) is 5.69 Å². The van der Waals surface area contributed by atoms with Crippen molar-refractivity contribution in [1.29, 1.82) is 0 Å². The fourth-order valence-corrected chi connectivity index (χ4v) is 2.00. The van der Waals surface area contributed by atoms with E-state index in [0.717, 1.165) is 16.8 Å². The average molecular weight is 299 g/mol. The van der Waals surface area contributed by atoms with Crippen LogP contribution in [-0.2, 0) is 11.3 Å². The Morgan fingerprint density at radius 3 is 2.73 bits per heavy atom. The highest BCUT2D eigenvalue weighted by atomic mass is 16.5. The monoisotopic (exact) mass is 299 g/mol. The number of carbonyl (C=O) groups is 1. The molecule has 5 heteroatoms. The van der Waals surface area contributed by atoms with Gasteiger partial charge in [-0.25, -0.2) is 4.98 Å². The van der Waals surface area contributed by atoms with Gasteiger partial charge < -0.3 is 15.4 Å². The van der Waals surface area contributed by atoms with Gasteiger partial charge in [-0.2, -0.15) is 0 Å². The average Bonchev–Trinajstić information content (AvgIpc) is 2.55. The number of rotatable bonds is 7. The Kier molecular flexibility index (Phi) is 5.91. The lowest BCUT2D eigenvalue weighted by Gasteiger charge is -2.08. The van der Waals surface area contributed by atoms with Crippen molar-refractivity contribution >= 4 is 11.6 Å². The number of pyridine rings is 1. The summed E-state index contributed by atoms with van der Waals surface area (Å²) in [4.78, 5) is 16.3. The highest BCUT2D eigenvalue weighted by molar-refractivity contribution is 5.92. The Bertz CT molecular complexity index is 612. The molecular formula is C17H21N3O2. The van der Waals surface area contributed by atoms with Crippen molar-refractivity contribution in [1.82, 2.24) is 10.3 Å². The molecule has 5 nitrogen and oxygen atoms in total. The summed E-state index contributed by atoms with van der Waals surface area (Å²) in [7, 11) is 1.65. The van der Waals surface area contributed by atoms with Crippen LogP contribution in [0.4, 0.5) is 5.69 Å². The predicted molar refractivity (Wildman–Crippen MR) is 87.0 cm³/mol. The van der Waals surface area contributed by atoms with Crippen molar-refractivity contribution in [2.24, 2.45) is 0 Å². The lowest BCUT2D eigenvalue weighted by atomic mass is 10.1. The molecule has 0 spiro atoms. The number of nitrogens with zero attached hydrogens (tertiary/aromatic N) is 1. The Hall–Kier alpha value is -2.40. The minimum Gasteiger partial charge on any atom is -0.383 e. The molecule has 22 heavy (non-hydrogen) atoms. The second-order valence-corrected chi connectivity index (χ2v) is 4.96. The molecule has 0 aliphatic rings. The number of carbonyl (C=O) groups excluding carboxylic acids is 1. The second kappa shape index (κ2) is 8.14. The summed E-state index contributed by atoms with van der Waals surface area (Å²) in [6.45, 7) is 3.86. The van der Waals surface area contributed by atoms with E-state index >= 15 is 0 Å². The number of hydrogen-bond donors (Lipinski definition) is 2. The third-order valence-corrected chi connectivity index (χ3v) is 3.33. The molecule has 2 rings (SSSR count). The number of amides is 1. The Morgan fingerprint density at radius 2 is 2.05 bits per heavy atom. The van der Waals surface area contributed by atoms with E-state index in [9.17, 15) is 4.79 Å². The molecule has 2 aromatic rings. The number of methoxy groups -OCH3 is 1. The van der Waals surface area contributed by atoms with Gasteiger partial charge in [0.2, 0.25) is 0 Å². The summed E-state index contributed by atoms with van der Waals surface area (Å²) in [5.74, 6) is -0.174. The molecular weight excluding hydrogens is 278 g/mol. The maximum Gasteiger partial charge on any atom is 0.270 e. The number of aryl methyl sites for hydroxylation is 1. The highest BCUT2D eigenvalue weighted by Gasteiger charge is 2.07. The molecule has 0 unspecified atom stereocenters. The van der Waals surface area contributed by atoms with Crippen LogP contribution in [0.1, 0.15) is 21.6 Å². The summed E-state index contributed by atoms with van der Waals surface area (Å²) in [5, 5.41) is 6.04. The van der Waals surface area contributed by atoms with Crippen LogP contribution < -0.4 is 10.6 Å². The zero-order valence-electron chi connectivity index (χ0n) is 12.9. The largest absolute Gasteiger partial charge is 0.383 e. The molecule has 1 aromatic heterocycles. The zero-order valence-corrected chi connectivity index (χ0v) is 12.9. The minimum atomic E-state index is -0.174. The smallest absolute Gasteiger partial charge is 0.270 e. The van der Waals surface area contributed by atoms with Crippen LogP contribution in [-0.4, -0.2) is 31.2 Å². The second-order valence-electron chi connectivity index (χ2n) is 4.96. The normalized spacial score (nSPS) is 10.3. The Balaban J connectivity index is 1.88. The van der Waals surface area contributed by atoms with Gasteiger partial charge in [0, 0.05) is 20.2 Å². The van der Waals surface area contributed by atoms with Gasteiger partial charge >= 0.3 is 0 Å². The van der Waals surface area contributed by atoms with E-state index in [1.165, 1.54) is 0 Å². The van der Waals surface area contributed by atoms with Crippen molar-refractivity contribution in [3.05, 3.63) is 59.4 Å². The fourth-order valence-electron chi connectivity index (χ4n) is 2.00. The van der Waals surface area contributed by atoms with Crippen molar-refractivity contribution in [2.75, 3.05) is 25.6 Å². The first-order chi connectivity index (χ1) is 10.7. The Morgan fingerprint density at radius 1 is 1.23 bits per heavy atom. The van der Waals surface area contributed by atoms with Crippen LogP contribution >= 0.6 is 0 Å². The van der Waals surface area contributed by atoms with Crippen LogP contribution in [0.5, 0.6) is 0 Å². The van der Waals surface area contributed by atoms with Crippen LogP contribution in [0.3, 0.4) is 0 Å². The van der Waals surface area contributed by atoms with Crippen molar-refractivity contribution in [3.63, 3.8) is 0 Å². The molecule has 0 atom stereocenters. The zero-order chi connectivity index (χ0) is 15.8. The molecule has 0 saturated heterocycles. The minimum absolute atomic E-state index is 0.174. The molecule has 0 aliphatic heterocycles. The number of hydrogen-bond acceptors (Lipinski definition) is 4. The van der Waals surface area contributed by atoms with E-state index in [-0.39, 0.29) is 5.91 Å². The first-order valence-electron chi connectivity index (χ1n) is 7.22. The molecule has 0 radical (unpaired) electrons. The maximum absolute atomic E-state index is 12.1. The first-order valence-corrected chi connectivity index (χ1v) is 7.22. The number of benzene rings is 1. The Labute approximate surface area is 130 Å². The third kappa shape index (κ3) is 4.56. The van der Waals surface area contributed by atoms with Crippen molar-refractivity contribution in [2.45, 2.75) is 13.5 Å². The van der Waals surface area contributed by atoms with E-state index in [2.05, 4.69) is 15.6 Å². The fraction of sp³-hybridized carbons (Fsp3) is 0.294. The van der Waals surface area contributed by atoms with Crippen LogP contribution in [0.2, 0.25) is 0 Å². The lowest BCUT2D eigenvalue weighted by Crippen LogP contribution is -2.24. The van der Waals surface area contributed by atoms with Crippen LogP contribution in [0.25, 0.3) is 0 Å². The summed E-state index contributed by atoms with van der Waals surface area (Å²) in [6.07, 6.45) is 1.65. The molecule has 116 valence electrons. The van der Waals surface area contributed by atoms with Gasteiger partial charge in [-0.05, 0) is 30.2 Å². The van der Waals surface area contributed by atoms with Crippen molar-refractivity contribution in [3.8, 4) is 0 Å². The molecule has 1 heterocycles. The molecule has 1 amide bonds. The molecule has 0 aliphatic carbocycles. The number of nitrogens with one attached hydrogen (secondary N) is 2. The topological polar surface area (TPSA) is 63.2 Å². The lowest BCUT2D eigenvalue weighted by molar-refractivity contribution is 0.0946. The van der Waals surface area contributed by atoms with E-state index in [0.29, 0.717) is 25.4 Å². The summed E-state index contributed by atoms with van der Waals surface area (Å²) < 4.78 is 4.96. The van der Waals surface area contributed by atoms with E-state index in [4.69, 9.17) is 4.74 Å². The number of anilines is 1. The molecule has 1 aromatic carbocycles. The van der Waals surface area contributed by atoms with Gasteiger partial charge in [0.25, 0.3) is 5.91 Å². The highest BCUT2D eigenvalue weighted by Crippen LogP contribution is 2.08. The van der Waals surface area contributed by atoms with Crippen LogP contribution in [0, 0.1) is 6.92 Å². The molecule has 0 saturated carbocycles. The summed E-state index contributed by atoms with van der Waals surface area (Å²) in [6, 6.07) is 11.5. The number of ether oxygens (including phenoxy) is 1. The first kappa shape index (κ1) is 16.0. The molecule has 2 N–H and O–H groups in total. The van der Waals surface area contributed by atoms with Crippen molar-refractivity contribution < 1.29 is 9.53 Å². The van der Waals surface area contributed by atoms with Crippen LogP contribution in [0.15, 0.2) is 42.6 Å². The standard InChI is InChI=1S/C17H21N3O2/c1-13-5-3-4-6-14(13)11-20-17(21)16-8-7-15(12-19-16)18-9-10-22-2/h3-8,12,18H,9-11H2,1-2H3,(H,20,21). The predicted octanol–water partition coefficient (Wildman–Crippen LogP) is 2.38. The quantitative estimate of drug-likeness (QED) is 0.771. The third-order valence-electron chi connectivity index (χ3n) is 3.33. The van der Waals surface area contributed by atoms with Gasteiger partial charge in [-0.15, -0.1) is 0 Å².